The summed E-state index contributed by atoms with van der Waals surface area (Å²) in [7, 11) is 0. The Morgan fingerprint density at radius 1 is 1.25 bits per heavy atom. The van der Waals surface area contributed by atoms with Gasteiger partial charge in [-0.3, -0.25) is 4.79 Å². The quantitative estimate of drug-likeness (QED) is 0.617. The van der Waals surface area contributed by atoms with E-state index in [4.69, 9.17) is 16.3 Å². The number of pyridine rings is 1. The number of aromatic nitrogens is 1. The predicted octanol–water partition coefficient (Wildman–Crippen LogP) is 5.17. The van der Waals surface area contributed by atoms with Gasteiger partial charge in [-0.1, -0.05) is 23.7 Å². The molecule has 2 atom stereocenters. The molecule has 0 spiro atoms. The lowest BCUT2D eigenvalue weighted by molar-refractivity contribution is -0.180. The number of hydrogen-bond donors (Lipinski definition) is 0. The third-order valence-electron chi connectivity index (χ3n) is 5.36. The van der Waals surface area contributed by atoms with Gasteiger partial charge < -0.3 is 9.64 Å². The Kier molecular flexibility index (Phi) is 4.73. The lowest BCUT2D eigenvalue weighted by Gasteiger charge is -2.27. The molecule has 148 valence electrons. The van der Waals surface area contributed by atoms with Crippen molar-refractivity contribution in [3.63, 3.8) is 0 Å². The molecule has 4 rings (SSSR count). The summed E-state index contributed by atoms with van der Waals surface area (Å²) in [5.41, 5.74) is 1.98. The first-order valence-electron chi connectivity index (χ1n) is 9.01. The van der Waals surface area contributed by atoms with E-state index in [9.17, 15) is 18.0 Å². The monoisotopic (exact) mass is 410 g/mol. The zero-order valence-electron chi connectivity index (χ0n) is 15.0. The molecular weight excluding hydrogens is 393 g/mol. The van der Waals surface area contributed by atoms with Gasteiger partial charge in [0.15, 0.2) is 0 Å². The van der Waals surface area contributed by atoms with Crippen molar-refractivity contribution in [3.05, 3.63) is 58.4 Å². The van der Waals surface area contributed by atoms with Crippen LogP contribution in [-0.4, -0.2) is 28.1 Å². The summed E-state index contributed by atoms with van der Waals surface area (Å²) in [6.45, 7) is 2.19. The van der Waals surface area contributed by atoms with Gasteiger partial charge in [-0.15, -0.1) is 0 Å². The van der Waals surface area contributed by atoms with Crippen LogP contribution < -0.4 is 4.74 Å². The summed E-state index contributed by atoms with van der Waals surface area (Å²) in [5.74, 6) is -3.84. The molecule has 1 aliphatic carbocycles. The molecule has 28 heavy (non-hydrogen) atoms. The van der Waals surface area contributed by atoms with E-state index < -0.39 is 18.2 Å². The van der Waals surface area contributed by atoms with E-state index in [1.807, 2.05) is 6.92 Å². The molecule has 2 heterocycles. The number of carbonyl (C=O) groups is 1. The van der Waals surface area contributed by atoms with Crippen LogP contribution in [0.15, 0.2) is 36.5 Å². The van der Waals surface area contributed by atoms with Crippen molar-refractivity contribution in [1.82, 2.24) is 9.88 Å². The number of rotatable bonds is 6. The second-order valence-corrected chi connectivity index (χ2v) is 7.54. The van der Waals surface area contributed by atoms with Crippen LogP contribution in [0, 0.1) is 5.92 Å². The molecule has 0 saturated heterocycles. The van der Waals surface area contributed by atoms with Crippen LogP contribution in [0.5, 0.6) is 5.75 Å². The van der Waals surface area contributed by atoms with Gasteiger partial charge >= 0.3 is 12.3 Å². The number of halogens is 4. The van der Waals surface area contributed by atoms with Gasteiger partial charge in [0.1, 0.15) is 10.9 Å². The molecule has 0 N–H and O–H groups in total. The molecule has 0 bridgehead atoms. The van der Waals surface area contributed by atoms with E-state index in [0.717, 1.165) is 5.56 Å². The van der Waals surface area contributed by atoms with Gasteiger partial charge in [-0.2, -0.15) is 4.39 Å². The fraction of sp³-hybridized carbons (Fsp3) is 0.400. The van der Waals surface area contributed by atoms with Gasteiger partial charge in [0.25, 0.3) is 5.91 Å². The molecule has 2 aliphatic rings. The minimum absolute atomic E-state index is 0.0360. The van der Waals surface area contributed by atoms with Crippen LogP contribution in [0.25, 0.3) is 0 Å². The lowest BCUT2D eigenvalue weighted by Crippen LogP contribution is -2.41. The van der Waals surface area contributed by atoms with E-state index in [-0.39, 0.29) is 17.7 Å². The highest BCUT2D eigenvalue weighted by atomic mass is 35.5. The third kappa shape index (κ3) is 3.21. The number of ether oxygens (including phenoxy) is 1. The Morgan fingerprint density at radius 2 is 1.93 bits per heavy atom. The summed E-state index contributed by atoms with van der Waals surface area (Å²) < 4.78 is 45.7. The predicted molar refractivity (Wildman–Crippen MR) is 97.2 cm³/mol. The van der Waals surface area contributed by atoms with Gasteiger partial charge in [-0.05, 0) is 43.5 Å². The standard InChI is InChI=1S/C20H18ClF3N2O2/c1-11(26-10-16-15(18(26)27)8-9-25-17(16)21)12-2-6-14(7-3-12)28-20(24,19(22)23)13-4-5-13/h2-3,6-9,11,13,19H,4-5,10H2,1H3. The van der Waals surface area contributed by atoms with Crippen LogP contribution in [0.1, 0.15) is 47.3 Å². The summed E-state index contributed by atoms with van der Waals surface area (Å²) >= 11 is 6.09. The zero-order chi connectivity index (χ0) is 20.1. The highest BCUT2D eigenvalue weighted by Crippen LogP contribution is 2.46. The summed E-state index contributed by atoms with van der Waals surface area (Å²) in [6, 6.07) is 7.54. The molecule has 1 amide bonds. The van der Waals surface area contributed by atoms with Crippen molar-refractivity contribution < 1.29 is 22.7 Å². The van der Waals surface area contributed by atoms with Crippen molar-refractivity contribution in [3.8, 4) is 5.75 Å². The van der Waals surface area contributed by atoms with Crippen molar-refractivity contribution in [2.75, 3.05) is 0 Å². The minimum atomic E-state index is -3.21. The molecule has 2 unspecified atom stereocenters. The molecule has 1 fully saturated rings. The highest BCUT2D eigenvalue weighted by molar-refractivity contribution is 6.30. The van der Waals surface area contributed by atoms with Crippen LogP contribution in [-0.2, 0) is 6.54 Å². The smallest absolute Gasteiger partial charge is 0.311 e. The first-order valence-corrected chi connectivity index (χ1v) is 9.39. The second kappa shape index (κ2) is 6.95. The Labute approximate surface area is 165 Å². The van der Waals surface area contributed by atoms with Crippen molar-refractivity contribution >= 4 is 17.5 Å². The topological polar surface area (TPSA) is 42.4 Å². The van der Waals surface area contributed by atoms with Crippen LogP contribution in [0.3, 0.4) is 0 Å². The van der Waals surface area contributed by atoms with Gasteiger partial charge in [0.05, 0.1) is 12.6 Å². The highest BCUT2D eigenvalue weighted by Gasteiger charge is 2.55. The largest absolute Gasteiger partial charge is 0.452 e. The van der Waals surface area contributed by atoms with E-state index in [0.29, 0.717) is 35.7 Å². The molecule has 1 aliphatic heterocycles. The maximum atomic E-state index is 14.5. The van der Waals surface area contributed by atoms with Crippen LogP contribution >= 0.6 is 11.6 Å². The number of benzene rings is 1. The average Bonchev–Trinajstić information content (AvgIpc) is 3.47. The van der Waals surface area contributed by atoms with Crippen molar-refractivity contribution in [2.24, 2.45) is 5.92 Å². The maximum absolute atomic E-state index is 14.5. The Morgan fingerprint density at radius 3 is 2.50 bits per heavy atom. The minimum Gasteiger partial charge on any atom is -0.452 e. The van der Waals surface area contributed by atoms with Crippen LogP contribution in [0.4, 0.5) is 13.2 Å². The third-order valence-corrected chi connectivity index (χ3v) is 5.68. The summed E-state index contributed by atoms with van der Waals surface area (Å²) in [6.07, 6.45) is -0.931. The maximum Gasteiger partial charge on any atom is 0.311 e. The van der Waals surface area contributed by atoms with E-state index in [1.165, 1.54) is 18.3 Å². The molecular formula is C20H18ClF3N2O2. The molecule has 4 nitrogen and oxygen atoms in total. The Balaban J connectivity index is 1.50. The lowest BCUT2D eigenvalue weighted by atomic mass is 10.1. The SMILES string of the molecule is CC(c1ccc(OC(F)(C(F)F)C2CC2)cc1)N1Cc2c(ccnc2Cl)C1=O. The zero-order valence-corrected chi connectivity index (χ0v) is 15.8. The van der Waals surface area contributed by atoms with E-state index in [2.05, 4.69) is 4.98 Å². The van der Waals surface area contributed by atoms with Crippen LogP contribution in [0.2, 0.25) is 5.15 Å². The van der Waals surface area contributed by atoms with E-state index in [1.54, 1.807) is 23.1 Å². The van der Waals surface area contributed by atoms with Gasteiger partial charge in [0.2, 0.25) is 0 Å². The summed E-state index contributed by atoms with van der Waals surface area (Å²) in [5, 5.41) is 0.302. The first-order chi connectivity index (χ1) is 13.3. The van der Waals surface area contributed by atoms with Gasteiger partial charge in [-0.25, -0.2) is 13.8 Å². The molecule has 8 heteroatoms. The fourth-order valence-corrected chi connectivity index (χ4v) is 3.70. The Bertz CT molecular complexity index is 901. The Hall–Kier alpha value is -2.28. The average molecular weight is 411 g/mol. The number of carbonyl (C=O) groups excluding carboxylic acids is 1. The number of alkyl halides is 3. The number of hydrogen-bond acceptors (Lipinski definition) is 3. The number of fused-ring (bicyclic) bond motifs is 1. The number of nitrogens with zero attached hydrogens (tertiary/aromatic N) is 2. The van der Waals surface area contributed by atoms with E-state index >= 15 is 0 Å². The summed E-state index contributed by atoms with van der Waals surface area (Å²) in [4.78, 5) is 18.3. The number of amides is 1. The molecule has 1 aromatic heterocycles. The normalized spacial score (nSPS) is 19.5. The van der Waals surface area contributed by atoms with Crippen molar-refractivity contribution in [1.29, 1.82) is 0 Å². The molecule has 0 radical (unpaired) electrons. The van der Waals surface area contributed by atoms with Gasteiger partial charge in [0, 0.05) is 23.2 Å². The first kappa shape index (κ1) is 19.1. The molecule has 1 saturated carbocycles. The molecule has 2 aromatic rings. The second-order valence-electron chi connectivity index (χ2n) is 7.18. The molecule has 1 aromatic carbocycles. The van der Waals surface area contributed by atoms with Crippen molar-refractivity contribution in [2.45, 2.75) is 44.6 Å². The fourth-order valence-electron chi connectivity index (χ4n) is 3.49.